The fourth-order valence-corrected chi connectivity index (χ4v) is 3.93. The molecular formula is C25H24N2O5S. The van der Waals surface area contributed by atoms with Crippen LogP contribution in [-0.2, 0) is 27.1 Å². The fourth-order valence-electron chi connectivity index (χ4n) is 3.22. The van der Waals surface area contributed by atoms with E-state index in [-0.39, 0.29) is 24.1 Å². The number of nitrogens with two attached hydrogens (primary N) is 1. The van der Waals surface area contributed by atoms with Gasteiger partial charge in [0.05, 0.1) is 36.1 Å². The third-order valence-electron chi connectivity index (χ3n) is 4.86. The van der Waals surface area contributed by atoms with Gasteiger partial charge in [0.1, 0.15) is 23.9 Å². The standard InChI is InChI=1S/C25H24N2O5S/c1-30-25(28)14-21(17-33(27)29)20-8-10-22(11-9-20)31-16-19-5-3-7-24(13-19)32-23-6-2-4-18(12-23)15-26/h2-13,21H,14,16-17,27H2,1H3. The molecule has 0 saturated heterocycles. The molecule has 0 aliphatic carbocycles. The van der Waals surface area contributed by atoms with Gasteiger partial charge in [-0.25, -0.2) is 4.21 Å². The van der Waals surface area contributed by atoms with Gasteiger partial charge in [0.15, 0.2) is 0 Å². The van der Waals surface area contributed by atoms with Crippen molar-refractivity contribution in [3.05, 3.63) is 89.5 Å². The molecule has 0 aromatic heterocycles. The molecule has 0 aliphatic rings. The van der Waals surface area contributed by atoms with Gasteiger partial charge in [-0.2, -0.15) is 5.26 Å². The monoisotopic (exact) mass is 464 g/mol. The lowest BCUT2D eigenvalue weighted by Crippen LogP contribution is -2.19. The van der Waals surface area contributed by atoms with Crippen molar-refractivity contribution < 1.29 is 23.2 Å². The summed E-state index contributed by atoms with van der Waals surface area (Å²) in [5.74, 6) is 1.36. The van der Waals surface area contributed by atoms with Gasteiger partial charge in [0.25, 0.3) is 0 Å². The molecule has 0 fully saturated rings. The summed E-state index contributed by atoms with van der Waals surface area (Å²) >= 11 is 0. The Kier molecular flexibility index (Phi) is 8.58. The molecule has 3 aromatic rings. The van der Waals surface area contributed by atoms with Crippen LogP contribution in [0.2, 0.25) is 0 Å². The highest BCUT2D eigenvalue weighted by Gasteiger charge is 2.18. The second-order valence-corrected chi connectivity index (χ2v) is 8.37. The number of methoxy groups -OCH3 is 1. The number of nitrogens with zero attached hydrogens (tertiary/aromatic N) is 1. The number of carbonyl (C=O) groups is 1. The van der Waals surface area contributed by atoms with Crippen LogP contribution in [0.5, 0.6) is 17.2 Å². The Morgan fingerprint density at radius 1 is 1.03 bits per heavy atom. The zero-order valence-corrected chi connectivity index (χ0v) is 18.9. The Bertz CT molecular complexity index is 1160. The average Bonchev–Trinajstić information content (AvgIpc) is 2.82. The quantitative estimate of drug-likeness (QED) is 0.450. The average molecular weight is 465 g/mol. The molecule has 0 radical (unpaired) electrons. The molecule has 3 aromatic carbocycles. The van der Waals surface area contributed by atoms with E-state index in [1.807, 2.05) is 36.4 Å². The van der Waals surface area contributed by atoms with Crippen LogP contribution in [0.1, 0.15) is 29.0 Å². The zero-order chi connectivity index (χ0) is 23.6. The minimum absolute atomic E-state index is 0.101. The number of esters is 1. The molecule has 2 atom stereocenters. The Morgan fingerprint density at radius 3 is 2.39 bits per heavy atom. The number of nitriles is 1. The molecular weight excluding hydrogens is 440 g/mol. The van der Waals surface area contributed by atoms with Crippen molar-refractivity contribution in [2.75, 3.05) is 12.9 Å². The number of hydrogen-bond donors (Lipinski definition) is 1. The van der Waals surface area contributed by atoms with Crippen LogP contribution in [0.3, 0.4) is 0 Å². The van der Waals surface area contributed by atoms with E-state index in [2.05, 4.69) is 6.07 Å². The predicted octanol–water partition coefficient (Wildman–Crippen LogP) is 4.20. The summed E-state index contributed by atoms with van der Waals surface area (Å²) in [6.07, 6.45) is 0.101. The first-order valence-corrected chi connectivity index (χ1v) is 11.5. The topological polar surface area (TPSA) is 112 Å². The van der Waals surface area contributed by atoms with Gasteiger partial charge < -0.3 is 14.2 Å². The lowest BCUT2D eigenvalue weighted by atomic mass is 9.97. The van der Waals surface area contributed by atoms with E-state index >= 15 is 0 Å². The van der Waals surface area contributed by atoms with Crippen LogP contribution < -0.4 is 14.6 Å². The fraction of sp³-hybridized carbons (Fsp3) is 0.200. The van der Waals surface area contributed by atoms with Crippen LogP contribution in [-0.4, -0.2) is 23.0 Å². The van der Waals surface area contributed by atoms with Gasteiger partial charge in [-0.05, 0) is 53.6 Å². The predicted molar refractivity (Wildman–Crippen MR) is 125 cm³/mol. The molecule has 0 saturated carbocycles. The molecule has 3 rings (SSSR count). The van der Waals surface area contributed by atoms with Crippen LogP contribution >= 0.6 is 0 Å². The van der Waals surface area contributed by atoms with Crippen LogP contribution in [0, 0.1) is 11.3 Å². The first kappa shape index (κ1) is 24.0. The smallest absolute Gasteiger partial charge is 0.306 e. The lowest BCUT2D eigenvalue weighted by molar-refractivity contribution is -0.140. The van der Waals surface area contributed by atoms with E-state index in [4.69, 9.17) is 24.6 Å². The second-order valence-electron chi connectivity index (χ2n) is 7.27. The summed E-state index contributed by atoms with van der Waals surface area (Å²) in [7, 11) is -0.216. The highest BCUT2D eigenvalue weighted by molar-refractivity contribution is 7.82. The highest BCUT2D eigenvalue weighted by Crippen LogP contribution is 2.26. The van der Waals surface area contributed by atoms with Crippen molar-refractivity contribution in [2.45, 2.75) is 18.9 Å². The molecule has 170 valence electrons. The Hall–Kier alpha value is -3.67. The highest BCUT2D eigenvalue weighted by atomic mass is 32.2. The van der Waals surface area contributed by atoms with Crippen molar-refractivity contribution in [1.82, 2.24) is 0 Å². The Labute approximate surface area is 195 Å². The molecule has 0 bridgehead atoms. The number of ether oxygens (including phenoxy) is 3. The second kappa shape index (κ2) is 11.8. The van der Waals surface area contributed by atoms with E-state index in [9.17, 15) is 9.00 Å². The van der Waals surface area contributed by atoms with Crippen LogP contribution in [0.4, 0.5) is 0 Å². The van der Waals surface area contributed by atoms with Gasteiger partial charge in [0, 0.05) is 11.7 Å². The maximum atomic E-state index is 11.7. The van der Waals surface area contributed by atoms with Gasteiger partial charge in [0.2, 0.25) is 0 Å². The maximum Gasteiger partial charge on any atom is 0.306 e. The molecule has 8 heteroatoms. The summed E-state index contributed by atoms with van der Waals surface area (Å²) in [6, 6.07) is 23.8. The van der Waals surface area contributed by atoms with E-state index < -0.39 is 11.0 Å². The van der Waals surface area contributed by atoms with Crippen molar-refractivity contribution >= 4 is 17.0 Å². The van der Waals surface area contributed by atoms with Crippen molar-refractivity contribution in [1.29, 1.82) is 5.26 Å². The van der Waals surface area contributed by atoms with Gasteiger partial charge in [-0.1, -0.05) is 30.3 Å². The van der Waals surface area contributed by atoms with E-state index in [1.54, 1.807) is 36.4 Å². The van der Waals surface area contributed by atoms with E-state index in [0.717, 1.165) is 11.1 Å². The molecule has 33 heavy (non-hydrogen) atoms. The zero-order valence-electron chi connectivity index (χ0n) is 18.1. The van der Waals surface area contributed by atoms with Crippen molar-refractivity contribution in [3.63, 3.8) is 0 Å². The molecule has 0 spiro atoms. The molecule has 7 nitrogen and oxygen atoms in total. The van der Waals surface area contributed by atoms with E-state index in [0.29, 0.717) is 29.4 Å². The van der Waals surface area contributed by atoms with Crippen LogP contribution in [0.25, 0.3) is 0 Å². The summed E-state index contributed by atoms with van der Waals surface area (Å²) < 4.78 is 27.9. The third kappa shape index (κ3) is 7.45. The lowest BCUT2D eigenvalue weighted by Gasteiger charge is -2.15. The number of hydrogen-bond acceptors (Lipinski definition) is 6. The Morgan fingerprint density at radius 2 is 1.73 bits per heavy atom. The SMILES string of the molecule is COC(=O)CC(CS(N)=O)c1ccc(OCc2cccc(Oc3cccc(C#N)c3)c2)cc1. The first-order valence-electron chi connectivity index (χ1n) is 10.2. The summed E-state index contributed by atoms with van der Waals surface area (Å²) in [5, 5.41) is 14.5. The summed E-state index contributed by atoms with van der Waals surface area (Å²) in [6.45, 7) is 0.327. The molecule has 0 heterocycles. The number of benzene rings is 3. The Balaban J connectivity index is 1.62. The number of rotatable bonds is 10. The maximum absolute atomic E-state index is 11.7. The number of carbonyl (C=O) groups excluding carboxylic acids is 1. The summed E-state index contributed by atoms with van der Waals surface area (Å²) in [5.41, 5.74) is 2.28. The normalized spacial score (nSPS) is 12.3. The molecule has 2 unspecified atom stereocenters. The first-order chi connectivity index (χ1) is 16.0. The van der Waals surface area contributed by atoms with E-state index in [1.165, 1.54) is 7.11 Å². The van der Waals surface area contributed by atoms with Crippen molar-refractivity contribution in [2.24, 2.45) is 5.14 Å². The van der Waals surface area contributed by atoms with Gasteiger partial charge >= 0.3 is 5.97 Å². The molecule has 0 aliphatic heterocycles. The van der Waals surface area contributed by atoms with Gasteiger partial charge in [-0.3, -0.25) is 9.93 Å². The summed E-state index contributed by atoms with van der Waals surface area (Å²) in [4.78, 5) is 11.7. The van der Waals surface area contributed by atoms with Crippen molar-refractivity contribution in [3.8, 4) is 23.3 Å². The molecule has 2 N–H and O–H groups in total. The minimum atomic E-state index is -1.53. The largest absolute Gasteiger partial charge is 0.489 e. The van der Waals surface area contributed by atoms with Gasteiger partial charge in [-0.15, -0.1) is 0 Å². The minimum Gasteiger partial charge on any atom is -0.489 e. The third-order valence-corrected chi connectivity index (χ3v) is 5.59. The molecule has 0 amide bonds. The van der Waals surface area contributed by atoms with Crippen LogP contribution in [0.15, 0.2) is 72.8 Å².